The Labute approximate surface area is 169 Å². The maximum Gasteiger partial charge on any atom is 0.270 e. The number of amides is 2. The first kappa shape index (κ1) is 19.0. The van der Waals surface area contributed by atoms with Crippen LogP contribution in [-0.2, 0) is 14.4 Å². The molecule has 27 heavy (non-hydrogen) atoms. The van der Waals surface area contributed by atoms with Gasteiger partial charge >= 0.3 is 0 Å². The van der Waals surface area contributed by atoms with Gasteiger partial charge in [-0.2, -0.15) is 0 Å². The third-order valence-electron chi connectivity index (χ3n) is 3.36. The Morgan fingerprint density at radius 1 is 1.07 bits per heavy atom. The largest absolute Gasteiger partial charge is 0.486 e. The summed E-state index contributed by atoms with van der Waals surface area (Å²) >= 11 is 2.15. The maximum absolute atomic E-state index is 11.8. The Balaban J connectivity index is 1.43. The number of benzene rings is 2. The average Bonchev–Trinajstić information content (AvgIpc) is 2.65. The van der Waals surface area contributed by atoms with Gasteiger partial charge in [0.15, 0.2) is 18.1 Å². The standard InChI is InChI=1S/C18H16IN3O5/c19-12-2-1-3-13(8-12)22-18(24)11-27-20-10-17(23)21-14-4-5-15-16(9-14)26-7-6-25-15/h1-5,8-10H,6-7,11H2,(H,21,23)(H,22,24). The molecule has 0 aliphatic carbocycles. The molecule has 0 saturated carbocycles. The fraction of sp³-hybridized carbons (Fsp3) is 0.167. The van der Waals surface area contributed by atoms with Crippen LogP contribution in [0.3, 0.4) is 0 Å². The number of ether oxygens (including phenoxy) is 2. The zero-order valence-electron chi connectivity index (χ0n) is 14.1. The van der Waals surface area contributed by atoms with E-state index in [-0.39, 0.29) is 12.5 Å². The predicted molar refractivity (Wildman–Crippen MR) is 108 cm³/mol. The summed E-state index contributed by atoms with van der Waals surface area (Å²) in [4.78, 5) is 28.4. The van der Waals surface area contributed by atoms with Crippen molar-refractivity contribution in [2.75, 3.05) is 30.5 Å². The number of halogens is 1. The lowest BCUT2D eigenvalue weighted by Crippen LogP contribution is -2.18. The molecule has 0 saturated heterocycles. The maximum atomic E-state index is 11.8. The molecule has 3 rings (SSSR count). The molecule has 9 heteroatoms. The van der Waals surface area contributed by atoms with Gasteiger partial charge in [0.25, 0.3) is 11.8 Å². The molecule has 1 heterocycles. The molecule has 1 aliphatic heterocycles. The summed E-state index contributed by atoms with van der Waals surface area (Å²) in [5, 5.41) is 8.79. The molecular formula is C18H16IN3O5. The van der Waals surface area contributed by atoms with Crippen LogP contribution in [0.1, 0.15) is 0 Å². The van der Waals surface area contributed by atoms with Gasteiger partial charge in [-0.3, -0.25) is 9.59 Å². The van der Waals surface area contributed by atoms with Crippen molar-refractivity contribution in [3.63, 3.8) is 0 Å². The monoisotopic (exact) mass is 481 g/mol. The quantitative estimate of drug-likeness (QED) is 0.376. The lowest BCUT2D eigenvalue weighted by atomic mass is 10.2. The van der Waals surface area contributed by atoms with Crippen molar-refractivity contribution in [3.8, 4) is 11.5 Å². The number of oxime groups is 1. The third-order valence-corrected chi connectivity index (χ3v) is 4.03. The van der Waals surface area contributed by atoms with E-state index in [1.54, 1.807) is 24.3 Å². The Morgan fingerprint density at radius 3 is 2.67 bits per heavy atom. The first-order chi connectivity index (χ1) is 13.1. The van der Waals surface area contributed by atoms with Crippen LogP contribution in [-0.4, -0.2) is 37.8 Å². The van der Waals surface area contributed by atoms with Gasteiger partial charge < -0.3 is 24.9 Å². The highest BCUT2D eigenvalue weighted by molar-refractivity contribution is 14.1. The SMILES string of the molecule is O=C(C=NOCC(=O)Nc1cccc(I)c1)Nc1ccc2c(c1)OCCO2. The second kappa shape index (κ2) is 9.21. The van der Waals surface area contributed by atoms with Gasteiger partial charge in [-0.1, -0.05) is 11.2 Å². The fourth-order valence-electron chi connectivity index (χ4n) is 2.24. The molecule has 0 bridgehead atoms. The number of rotatable bonds is 6. The predicted octanol–water partition coefficient (Wildman–Crippen LogP) is 2.64. The number of carbonyl (C=O) groups is 2. The van der Waals surface area contributed by atoms with Gasteiger partial charge in [-0.15, -0.1) is 0 Å². The highest BCUT2D eigenvalue weighted by Crippen LogP contribution is 2.32. The Kier molecular flexibility index (Phi) is 6.47. The molecule has 0 atom stereocenters. The molecule has 0 fully saturated rings. The first-order valence-electron chi connectivity index (χ1n) is 8.01. The van der Waals surface area contributed by atoms with Gasteiger partial charge in [0.2, 0.25) is 0 Å². The number of fused-ring (bicyclic) bond motifs is 1. The number of nitrogens with zero attached hydrogens (tertiary/aromatic N) is 1. The molecule has 140 valence electrons. The molecule has 0 unspecified atom stereocenters. The summed E-state index contributed by atoms with van der Waals surface area (Å²) < 4.78 is 11.9. The Hall–Kier alpha value is -2.82. The number of carbonyl (C=O) groups excluding carboxylic acids is 2. The summed E-state index contributed by atoms with van der Waals surface area (Å²) in [7, 11) is 0. The van der Waals surface area contributed by atoms with E-state index in [2.05, 4.69) is 38.4 Å². The zero-order chi connectivity index (χ0) is 19.1. The molecular weight excluding hydrogens is 465 g/mol. The second-order valence-electron chi connectivity index (χ2n) is 5.41. The van der Waals surface area contributed by atoms with Crippen molar-refractivity contribution in [2.24, 2.45) is 5.16 Å². The number of hydrogen-bond acceptors (Lipinski definition) is 6. The first-order valence-corrected chi connectivity index (χ1v) is 9.09. The Bertz CT molecular complexity index is 872. The van der Waals surface area contributed by atoms with Crippen LogP contribution in [0, 0.1) is 3.57 Å². The topological polar surface area (TPSA) is 98.2 Å². The van der Waals surface area contributed by atoms with E-state index in [1.165, 1.54) is 0 Å². The highest BCUT2D eigenvalue weighted by Gasteiger charge is 2.12. The summed E-state index contributed by atoms with van der Waals surface area (Å²) in [5.74, 6) is 0.334. The van der Waals surface area contributed by atoms with Crippen molar-refractivity contribution in [3.05, 3.63) is 46.0 Å². The number of anilines is 2. The van der Waals surface area contributed by atoms with Gasteiger partial charge in [-0.25, -0.2) is 0 Å². The minimum atomic E-state index is -0.496. The van der Waals surface area contributed by atoms with Gasteiger partial charge in [-0.05, 0) is 52.9 Å². The highest BCUT2D eigenvalue weighted by atomic mass is 127. The third kappa shape index (κ3) is 5.84. The molecule has 2 aromatic rings. The fourth-order valence-corrected chi connectivity index (χ4v) is 2.78. The van der Waals surface area contributed by atoms with E-state index in [0.29, 0.717) is 36.1 Å². The van der Waals surface area contributed by atoms with Crippen molar-refractivity contribution in [1.82, 2.24) is 0 Å². The lowest BCUT2D eigenvalue weighted by molar-refractivity contribution is -0.120. The summed E-state index contributed by atoms with van der Waals surface area (Å²) in [6.45, 7) is 0.656. The average molecular weight is 481 g/mol. The molecule has 2 N–H and O–H groups in total. The summed E-state index contributed by atoms with van der Waals surface area (Å²) in [6.07, 6.45) is 0.954. The molecule has 0 radical (unpaired) electrons. The molecule has 0 aromatic heterocycles. The van der Waals surface area contributed by atoms with Crippen molar-refractivity contribution in [1.29, 1.82) is 0 Å². The van der Waals surface area contributed by atoms with Crippen LogP contribution in [0.2, 0.25) is 0 Å². The minimum absolute atomic E-state index is 0.306. The number of nitrogens with one attached hydrogen (secondary N) is 2. The molecule has 1 aliphatic rings. The molecule has 2 amide bonds. The Morgan fingerprint density at radius 2 is 1.85 bits per heavy atom. The minimum Gasteiger partial charge on any atom is -0.486 e. The zero-order valence-corrected chi connectivity index (χ0v) is 16.3. The lowest BCUT2D eigenvalue weighted by Gasteiger charge is -2.18. The van der Waals surface area contributed by atoms with E-state index in [4.69, 9.17) is 14.3 Å². The summed E-state index contributed by atoms with van der Waals surface area (Å²) in [5.41, 5.74) is 1.20. The second-order valence-corrected chi connectivity index (χ2v) is 6.66. The normalized spacial score (nSPS) is 12.5. The summed E-state index contributed by atoms with van der Waals surface area (Å²) in [6, 6.07) is 12.4. The van der Waals surface area contributed by atoms with Crippen LogP contribution < -0.4 is 20.1 Å². The van der Waals surface area contributed by atoms with E-state index >= 15 is 0 Å². The van der Waals surface area contributed by atoms with Crippen molar-refractivity contribution >= 4 is 52.0 Å². The van der Waals surface area contributed by atoms with E-state index in [9.17, 15) is 9.59 Å². The smallest absolute Gasteiger partial charge is 0.270 e. The van der Waals surface area contributed by atoms with Gasteiger partial charge in [0, 0.05) is 21.0 Å². The van der Waals surface area contributed by atoms with E-state index < -0.39 is 5.91 Å². The van der Waals surface area contributed by atoms with Crippen LogP contribution >= 0.6 is 22.6 Å². The van der Waals surface area contributed by atoms with Crippen LogP contribution in [0.15, 0.2) is 47.6 Å². The molecule has 0 spiro atoms. The van der Waals surface area contributed by atoms with Crippen LogP contribution in [0.5, 0.6) is 11.5 Å². The van der Waals surface area contributed by atoms with Crippen LogP contribution in [0.4, 0.5) is 11.4 Å². The van der Waals surface area contributed by atoms with E-state index in [1.807, 2.05) is 18.2 Å². The number of hydrogen-bond donors (Lipinski definition) is 2. The van der Waals surface area contributed by atoms with Crippen LogP contribution in [0.25, 0.3) is 0 Å². The molecule has 2 aromatic carbocycles. The van der Waals surface area contributed by atoms with Gasteiger partial charge in [0.1, 0.15) is 19.4 Å². The van der Waals surface area contributed by atoms with Crippen molar-refractivity contribution in [2.45, 2.75) is 0 Å². The van der Waals surface area contributed by atoms with Crippen molar-refractivity contribution < 1.29 is 23.9 Å². The van der Waals surface area contributed by atoms with Gasteiger partial charge in [0.05, 0.1) is 0 Å². The van der Waals surface area contributed by atoms with E-state index in [0.717, 1.165) is 9.78 Å². The molecule has 8 nitrogen and oxygen atoms in total.